The predicted octanol–water partition coefficient (Wildman–Crippen LogP) is 2.91. The summed E-state index contributed by atoms with van der Waals surface area (Å²) in [5.74, 6) is 1.70. The van der Waals surface area contributed by atoms with Crippen LogP contribution in [-0.2, 0) is 32.7 Å². The van der Waals surface area contributed by atoms with Crippen LogP contribution in [0.1, 0.15) is 12.7 Å². The Kier molecular flexibility index (Phi) is 6.82. The first kappa shape index (κ1) is 23.4. The number of ether oxygens (including phenoxy) is 3. The lowest BCUT2D eigenvalue weighted by Gasteiger charge is -2.18. The summed E-state index contributed by atoms with van der Waals surface area (Å²) in [4.78, 5) is 17.9. The zero-order chi connectivity index (χ0) is 23.6. The highest BCUT2D eigenvalue weighted by Crippen LogP contribution is 2.34. The van der Waals surface area contributed by atoms with Crippen molar-refractivity contribution >= 4 is 38.8 Å². The molecule has 1 aromatic heterocycles. The number of carbonyl (C=O) groups is 1. The topological polar surface area (TPSA) is 100.0 Å². The van der Waals surface area contributed by atoms with E-state index in [-0.39, 0.29) is 23.2 Å². The Morgan fingerprint density at radius 2 is 1.91 bits per heavy atom. The van der Waals surface area contributed by atoms with Crippen molar-refractivity contribution in [3.63, 3.8) is 0 Å². The smallest absolute Gasteiger partial charge is 0.316 e. The van der Waals surface area contributed by atoms with Gasteiger partial charge in [-0.2, -0.15) is 0 Å². The van der Waals surface area contributed by atoms with E-state index in [1.807, 2.05) is 29.7 Å². The lowest BCUT2D eigenvalue weighted by molar-refractivity contribution is -0.142. The van der Waals surface area contributed by atoms with Crippen LogP contribution >= 0.6 is 11.8 Å². The molecule has 0 N–H and O–H groups in total. The Labute approximate surface area is 196 Å². The van der Waals surface area contributed by atoms with Crippen molar-refractivity contribution < 1.29 is 27.4 Å². The summed E-state index contributed by atoms with van der Waals surface area (Å²) >= 11 is 1.35. The van der Waals surface area contributed by atoms with Crippen LogP contribution in [0.2, 0.25) is 0 Å². The van der Waals surface area contributed by atoms with Crippen molar-refractivity contribution in [1.82, 2.24) is 13.9 Å². The molecule has 0 aliphatic carbocycles. The number of carbonyl (C=O) groups excluding carboxylic acids is 1. The highest BCUT2D eigenvalue weighted by atomic mass is 32.2. The number of aryl methyl sites for hydroxylation is 1. The number of esters is 1. The first-order chi connectivity index (χ1) is 15.8. The van der Waals surface area contributed by atoms with E-state index in [9.17, 15) is 13.2 Å². The van der Waals surface area contributed by atoms with Gasteiger partial charge in [0.15, 0.2) is 11.5 Å². The Bertz CT molecular complexity index is 1290. The fraction of sp³-hybridized carbons (Fsp3) is 0.364. The van der Waals surface area contributed by atoms with Crippen molar-refractivity contribution in [2.24, 2.45) is 0 Å². The van der Waals surface area contributed by atoms with E-state index in [1.54, 1.807) is 18.2 Å². The van der Waals surface area contributed by atoms with Crippen molar-refractivity contribution in [3.8, 4) is 11.5 Å². The minimum atomic E-state index is -3.56. The maximum Gasteiger partial charge on any atom is 0.316 e. The van der Waals surface area contributed by atoms with Crippen LogP contribution < -0.4 is 9.47 Å². The maximum absolute atomic E-state index is 12.4. The number of rotatable bonds is 8. The minimum Gasteiger partial charge on any atom is -0.486 e. The van der Waals surface area contributed by atoms with Crippen LogP contribution in [-0.4, -0.2) is 61.3 Å². The van der Waals surface area contributed by atoms with E-state index < -0.39 is 10.0 Å². The number of sulfonamides is 1. The monoisotopic (exact) mass is 491 g/mol. The van der Waals surface area contributed by atoms with Gasteiger partial charge in [0.1, 0.15) is 25.6 Å². The molecule has 4 rings (SSSR count). The number of imidazole rings is 1. The highest BCUT2D eigenvalue weighted by molar-refractivity contribution is 8.00. The Morgan fingerprint density at radius 1 is 1.15 bits per heavy atom. The fourth-order valence-electron chi connectivity index (χ4n) is 3.44. The van der Waals surface area contributed by atoms with Gasteiger partial charge in [0.05, 0.1) is 21.7 Å². The summed E-state index contributed by atoms with van der Waals surface area (Å²) in [6, 6.07) is 10.4. The lowest BCUT2D eigenvalue weighted by Crippen LogP contribution is -2.22. The maximum atomic E-state index is 12.4. The summed E-state index contributed by atoms with van der Waals surface area (Å²) in [6.45, 7) is 3.59. The Morgan fingerprint density at radius 3 is 2.64 bits per heavy atom. The van der Waals surface area contributed by atoms with Gasteiger partial charge in [-0.05, 0) is 43.3 Å². The summed E-state index contributed by atoms with van der Waals surface area (Å²) in [5, 5.41) is 0. The molecule has 2 heterocycles. The van der Waals surface area contributed by atoms with Crippen LogP contribution in [0.3, 0.4) is 0 Å². The standard InChI is InChI=1S/C22H25N3O6S2/c1-4-25-18-7-6-16(33(27,28)24(2)3)12-17(18)23-21(25)13-31-22(26)14-32-15-5-8-19-20(11-15)30-10-9-29-19/h5-8,11-12H,4,9-10,13-14H2,1-3H3. The SMILES string of the molecule is CCn1c(COC(=O)CSc2ccc3c(c2)OCCO3)nc2cc(S(=O)(=O)N(C)C)ccc21. The molecule has 2 aromatic carbocycles. The molecular formula is C22H25N3O6S2. The van der Waals surface area contributed by atoms with Crippen LogP contribution in [0.15, 0.2) is 46.2 Å². The van der Waals surface area contributed by atoms with Crippen molar-refractivity contribution in [1.29, 1.82) is 0 Å². The second-order valence-corrected chi connectivity index (χ2v) is 10.7. The van der Waals surface area contributed by atoms with E-state index in [1.165, 1.54) is 25.9 Å². The highest BCUT2D eigenvalue weighted by Gasteiger charge is 2.20. The molecule has 0 atom stereocenters. The first-order valence-electron chi connectivity index (χ1n) is 10.4. The zero-order valence-electron chi connectivity index (χ0n) is 18.6. The van der Waals surface area contributed by atoms with E-state index in [2.05, 4.69) is 4.98 Å². The van der Waals surface area contributed by atoms with Crippen LogP contribution in [0, 0.1) is 0 Å². The molecule has 0 bridgehead atoms. The van der Waals surface area contributed by atoms with Gasteiger partial charge in [-0.3, -0.25) is 4.79 Å². The van der Waals surface area contributed by atoms with Gasteiger partial charge in [-0.25, -0.2) is 17.7 Å². The number of benzene rings is 2. The largest absolute Gasteiger partial charge is 0.486 e. The van der Waals surface area contributed by atoms with Gasteiger partial charge in [0.25, 0.3) is 0 Å². The Balaban J connectivity index is 1.42. The third-order valence-electron chi connectivity index (χ3n) is 5.13. The number of nitrogens with zero attached hydrogens (tertiary/aromatic N) is 3. The van der Waals surface area contributed by atoms with Gasteiger partial charge < -0.3 is 18.8 Å². The molecule has 0 saturated heterocycles. The molecule has 1 aliphatic rings. The summed E-state index contributed by atoms with van der Waals surface area (Å²) < 4.78 is 44.4. The van der Waals surface area contributed by atoms with Gasteiger partial charge >= 0.3 is 5.97 Å². The molecule has 0 saturated carbocycles. The van der Waals surface area contributed by atoms with Crippen molar-refractivity contribution in [2.45, 2.75) is 29.9 Å². The predicted molar refractivity (Wildman–Crippen MR) is 124 cm³/mol. The molecular weight excluding hydrogens is 466 g/mol. The number of thioether (sulfide) groups is 1. The number of fused-ring (bicyclic) bond motifs is 2. The molecule has 0 unspecified atom stereocenters. The van der Waals surface area contributed by atoms with Crippen LogP contribution in [0.25, 0.3) is 11.0 Å². The number of hydrogen-bond acceptors (Lipinski definition) is 8. The fourth-order valence-corrected chi connectivity index (χ4v) is 5.08. The van der Waals surface area contributed by atoms with Crippen LogP contribution in [0.4, 0.5) is 0 Å². The van der Waals surface area contributed by atoms with E-state index in [4.69, 9.17) is 14.2 Å². The molecule has 33 heavy (non-hydrogen) atoms. The van der Waals surface area contributed by atoms with Gasteiger partial charge in [-0.15, -0.1) is 11.8 Å². The lowest BCUT2D eigenvalue weighted by atomic mass is 10.3. The van der Waals surface area contributed by atoms with Crippen LogP contribution in [0.5, 0.6) is 11.5 Å². The second kappa shape index (κ2) is 9.62. The summed E-state index contributed by atoms with van der Waals surface area (Å²) in [6.07, 6.45) is 0. The molecule has 0 spiro atoms. The molecule has 0 fully saturated rings. The van der Waals surface area contributed by atoms with Gasteiger partial charge in [0, 0.05) is 25.5 Å². The zero-order valence-corrected chi connectivity index (χ0v) is 20.2. The molecule has 176 valence electrons. The van der Waals surface area contributed by atoms with E-state index in [0.717, 1.165) is 14.7 Å². The molecule has 3 aromatic rings. The molecule has 9 nitrogen and oxygen atoms in total. The van der Waals surface area contributed by atoms with Gasteiger partial charge in [0.2, 0.25) is 10.0 Å². The average molecular weight is 492 g/mol. The molecule has 11 heteroatoms. The van der Waals surface area contributed by atoms with E-state index >= 15 is 0 Å². The Hall–Kier alpha value is -2.76. The van der Waals surface area contributed by atoms with Crippen molar-refractivity contribution in [3.05, 3.63) is 42.2 Å². The molecule has 1 aliphatic heterocycles. The third-order valence-corrected chi connectivity index (χ3v) is 7.90. The van der Waals surface area contributed by atoms with Crippen molar-refractivity contribution in [2.75, 3.05) is 33.1 Å². The molecule has 0 radical (unpaired) electrons. The quantitative estimate of drug-likeness (QED) is 0.350. The normalized spacial score (nSPS) is 13.5. The number of hydrogen-bond donors (Lipinski definition) is 0. The minimum absolute atomic E-state index is 0.00117. The summed E-state index contributed by atoms with van der Waals surface area (Å²) in [7, 11) is -0.597. The van der Waals surface area contributed by atoms with E-state index in [0.29, 0.717) is 42.6 Å². The second-order valence-electron chi connectivity index (χ2n) is 7.47. The van der Waals surface area contributed by atoms with Gasteiger partial charge in [-0.1, -0.05) is 0 Å². The summed E-state index contributed by atoms with van der Waals surface area (Å²) in [5.41, 5.74) is 1.32. The molecule has 0 amide bonds. The average Bonchev–Trinajstić information content (AvgIpc) is 3.17. The first-order valence-corrected chi connectivity index (χ1v) is 12.8. The third kappa shape index (κ3) is 4.94. The number of aromatic nitrogens is 2.